The van der Waals surface area contributed by atoms with Gasteiger partial charge in [-0.05, 0) is 24.5 Å². The first-order chi connectivity index (χ1) is 10.6. The minimum atomic E-state index is -0.914. The summed E-state index contributed by atoms with van der Waals surface area (Å²) in [4.78, 5) is 34.5. The minimum Gasteiger partial charge on any atom is -0.465 e. The van der Waals surface area contributed by atoms with Crippen molar-refractivity contribution in [1.82, 2.24) is 19.8 Å². The number of piperidine rings is 1. The summed E-state index contributed by atoms with van der Waals surface area (Å²) in [6.45, 7) is 1.44. The molecule has 1 unspecified atom stereocenters. The molecule has 2 amide bonds. The second kappa shape index (κ2) is 4.72. The Morgan fingerprint density at radius 1 is 1.45 bits per heavy atom. The van der Waals surface area contributed by atoms with Crippen LogP contribution in [0.15, 0.2) is 18.5 Å². The van der Waals surface area contributed by atoms with Crippen molar-refractivity contribution in [2.45, 2.75) is 25.4 Å². The van der Waals surface area contributed by atoms with Gasteiger partial charge in [0.15, 0.2) is 0 Å². The van der Waals surface area contributed by atoms with Gasteiger partial charge in [-0.15, -0.1) is 0 Å². The van der Waals surface area contributed by atoms with E-state index in [0.717, 1.165) is 29.4 Å². The van der Waals surface area contributed by atoms with Gasteiger partial charge in [-0.25, -0.2) is 9.78 Å². The molecule has 1 fully saturated rings. The number of carboxylic acid groups (broad SMARTS) is 1. The maximum Gasteiger partial charge on any atom is 0.407 e. The summed E-state index contributed by atoms with van der Waals surface area (Å²) in [5, 5.41) is 10.1. The van der Waals surface area contributed by atoms with Crippen molar-refractivity contribution < 1.29 is 14.7 Å². The number of likely N-dealkylation sites (tertiary alicyclic amines) is 1. The molecule has 0 aliphatic carbocycles. The summed E-state index contributed by atoms with van der Waals surface area (Å²) in [7, 11) is 0. The molecule has 2 aliphatic rings. The minimum absolute atomic E-state index is 0.0308. The van der Waals surface area contributed by atoms with Crippen molar-refractivity contribution in [3.63, 3.8) is 0 Å². The van der Waals surface area contributed by atoms with Crippen LogP contribution in [-0.4, -0.2) is 56.0 Å². The highest BCUT2D eigenvalue weighted by molar-refractivity contribution is 6.08. The van der Waals surface area contributed by atoms with Crippen molar-refractivity contribution in [2.75, 3.05) is 13.1 Å². The number of rotatable bonds is 1. The van der Waals surface area contributed by atoms with E-state index in [0.29, 0.717) is 25.2 Å². The number of nitrogens with zero attached hydrogens (tertiary/aromatic N) is 3. The van der Waals surface area contributed by atoms with E-state index in [2.05, 4.69) is 9.97 Å². The molecule has 7 nitrogen and oxygen atoms in total. The fourth-order valence-corrected chi connectivity index (χ4v) is 3.51. The number of hydrogen-bond donors (Lipinski definition) is 2. The molecule has 0 spiro atoms. The number of carbonyl (C=O) groups is 2. The van der Waals surface area contributed by atoms with Crippen LogP contribution < -0.4 is 0 Å². The van der Waals surface area contributed by atoms with Crippen LogP contribution in [0.3, 0.4) is 0 Å². The molecular formula is C15H16N4O3. The van der Waals surface area contributed by atoms with E-state index in [4.69, 9.17) is 0 Å². The average molecular weight is 300 g/mol. The van der Waals surface area contributed by atoms with Crippen molar-refractivity contribution >= 4 is 23.0 Å². The topological polar surface area (TPSA) is 89.5 Å². The van der Waals surface area contributed by atoms with Gasteiger partial charge < -0.3 is 19.9 Å². The van der Waals surface area contributed by atoms with Gasteiger partial charge in [-0.1, -0.05) is 0 Å². The summed E-state index contributed by atoms with van der Waals surface area (Å²) >= 11 is 0. The van der Waals surface area contributed by atoms with Crippen LogP contribution in [0, 0.1) is 0 Å². The molecule has 2 aromatic heterocycles. The third-order valence-corrected chi connectivity index (χ3v) is 4.59. The van der Waals surface area contributed by atoms with Crippen LogP contribution in [-0.2, 0) is 6.54 Å². The van der Waals surface area contributed by atoms with E-state index in [1.165, 1.54) is 4.90 Å². The summed E-state index contributed by atoms with van der Waals surface area (Å²) in [6, 6.07) is 1.68. The van der Waals surface area contributed by atoms with E-state index >= 15 is 0 Å². The van der Waals surface area contributed by atoms with Crippen LogP contribution >= 0.6 is 0 Å². The number of hydrogen-bond acceptors (Lipinski definition) is 3. The number of aromatic amines is 1. The standard InChI is InChI=1S/C15H16N4O3/c20-14-11-3-4-16-13-12(11)9(6-17-13)7-19(14)10-2-1-5-18(8-10)15(21)22/h3-4,6,10H,1-2,5,7-8H2,(H,16,17)(H,21,22). The second-order valence-electron chi connectivity index (χ2n) is 5.85. The molecule has 4 heterocycles. The molecule has 1 atom stereocenters. The molecular weight excluding hydrogens is 284 g/mol. The van der Waals surface area contributed by atoms with Crippen LogP contribution in [0.4, 0.5) is 4.79 Å². The molecule has 22 heavy (non-hydrogen) atoms. The maximum atomic E-state index is 12.8. The van der Waals surface area contributed by atoms with Crippen molar-refractivity contribution in [2.24, 2.45) is 0 Å². The molecule has 0 bridgehead atoms. The van der Waals surface area contributed by atoms with Gasteiger partial charge in [-0.3, -0.25) is 4.79 Å². The zero-order valence-electron chi connectivity index (χ0n) is 12.0. The summed E-state index contributed by atoms with van der Waals surface area (Å²) in [5.74, 6) is -0.0308. The lowest BCUT2D eigenvalue weighted by molar-refractivity contribution is 0.0507. The number of amides is 2. The number of nitrogens with one attached hydrogen (secondary N) is 1. The number of pyridine rings is 1. The Hall–Kier alpha value is -2.57. The average Bonchev–Trinajstić information content (AvgIpc) is 2.95. The first kappa shape index (κ1) is 13.1. The van der Waals surface area contributed by atoms with Crippen molar-refractivity contribution in [1.29, 1.82) is 0 Å². The van der Waals surface area contributed by atoms with Gasteiger partial charge >= 0.3 is 6.09 Å². The van der Waals surface area contributed by atoms with Crippen LogP contribution in [0.5, 0.6) is 0 Å². The fourth-order valence-electron chi connectivity index (χ4n) is 3.51. The third-order valence-electron chi connectivity index (χ3n) is 4.59. The smallest absolute Gasteiger partial charge is 0.407 e. The molecule has 0 saturated carbocycles. The molecule has 0 aromatic carbocycles. The molecule has 2 aromatic rings. The van der Waals surface area contributed by atoms with E-state index in [1.807, 2.05) is 6.20 Å². The first-order valence-electron chi connectivity index (χ1n) is 7.39. The molecule has 2 aliphatic heterocycles. The zero-order valence-corrected chi connectivity index (χ0v) is 12.0. The second-order valence-corrected chi connectivity index (χ2v) is 5.85. The zero-order chi connectivity index (χ0) is 15.3. The Morgan fingerprint density at radius 3 is 3.14 bits per heavy atom. The highest BCUT2D eigenvalue weighted by Crippen LogP contribution is 2.31. The van der Waals surface area contributed by atoms with E-state index in [1.54, 1.807) is 17.2 Å². The largest absolute Gasteiger partial charge is 0.465 e. The monoisotopic (exact) mass is 300 g/mol. The van der Waals surface area contributed by atoms with E-state index < -0.39 is 6.09 Å². The van der Waals surface area contributed by atoms with Crippen LogP contribution in [0.2, 0.25) is 0 Å². The van der Waals surface area contributed by atoms with Gasteiger partial charge in [0.05, 0.1) is 11.6 Å². The summed E-state index contributed by atoms with van der Waals surface area (Å²) in [6.07, 6.45) is 4.22. The van der Waals surface area contributed by atoms with Crippen molar-refractivity contribution in [3.8, 4) is 0 Å². The fraction of sp³-hybridized carbons (Fsp3) is 0.400. The predicted octanol–water partition coefficient (Wildman–Crippen LogP) is 1.66. The Bertz CT molecular complexity index is 769. The SMILES string of the molecule is O=C(O)N1CCCC(N2Cc3c[nH]c4nccc(c34)C2=O)C1. The van der Waals surface area contributed by atoms with Gasteiger partial charge in [0.1, 0.15) is 5.65 Å². The first-order valence-corrected chi connectivity index (χ1v) is 7.39. The van der Waals surface area contributed by atoms with E-state index in [9.17, 15) is 14.7 Å². The Labute approximate surface area is 126 Å². The lowest BCUT2D eigenvalue weighted by atomic mass is 9.97. The van der Waals surface area contributed by atoms with Crippen molar-refractivity contribution in [3.05, 3.63) is 29.6 Å². The number of H-pyrrole nitrogens is 1. The maximum absolute atomic E-state index is 12.8. The normalized spacial score (nSPS) is 21.5. The van der Waals surface area contributed by atoms with Gasteiger partial charge in [0, 0.05) is 37.4 Å². The molecule has 114 valence electrons. The lowest BCUT2D eigenvalue weighted by Gasteiger charge is -2.39. The van der Waals surface area contributed by atoms with Gasteiger partial charge in [-0.2, -0.15) is 0 Å². The number of aromatic nitrogens is 2. The molecule has 4 rings (SSSR count). The summed E-state index contributed by atoms with van der Waals surface area (Å²) in [5.41, 5.74) is 2.43. The van der Waals surface area contributed by atoms with Crippen LogP contribution in [0.25, 0.3) is 11.0 Å². The molecule has 0 radical (unpaired) electrons. The third kappa shape index (κ3) is 1.85. The van der Waals surface area contributed by atoms with Gasteiger partial charge in [0.25, 0.3) is 5.91 Å². The van der Waals surface area contributed by atoms with E-state index in [-0.39, 0.29) is 11.9 Å². The molecule has 7 heteroatoms. The molecule has 2 N–H and O–H groups in total. The number of carbonyl (C=O) groups excluding carboxylic acids is 1. The highest BCUT2D eigenvalue weighted by atomic mass is 16.4. The van der Waals surface area contributed by atoms with Gasteiger partial charge in [0.2, 0.25) is 0 Å². The highest BCUT2D eigenvalue weighted by Gasteiger charge is 2.35. The quantitative estimate of drug-likeness (QED) is 0.838. The molecule has 1 saturated heterocycles. The van der Waals surface area contributed by atoms with Crippen LogP contribution in [0.1, 0.15) is 28.8 Å². The lowest BCUT2D eigenvalue weighted by Crippen LogP contribution is -2.51. The Kier molecular flexibility index (Phi) is 2.82. The Balaban J connectivity index is 1.67. The Morgan fingerprint density at radius 2 is 2.32 bits per heavy atom. The predicted molar refractivity (Wildman–Crippen MR) is 78.6 cm³/mol. The summed E-state index contributed by atoms with van der Waals surface area (Å²) < 4.78 is 0.